The van der Waals surface area contributed by atoms with E-state index in [0.717, 1.165) is 29.7 Å². The fraction of sp³-hybridized carbons (Fsp3) is 0.643. The lowest BCUT2D eigenvalue weighted by atomic mass is 9.87. The van der Waals surface area contributed by atoms with E-state index < -0.39 is 0 Å². The van der Waals surface area contributed by atoms with Gasteiger partial charge in [-0.1, -0.05) is 32.1 Å². The summed E-state index contributed by atoms with van der Waals surface area (Å²) in [4.78, 5) is 4.42. The number of aromatic nitrogens is 1. The lowest BCUT2D eigenvalue weighted by Gasteiger charge is -2.21. The van der Waals surface area contributed by atoms with Gasteiger partial charge in [0, 0.05) is 12.2 Å². The summed E-state index contributed by atoms with van der Waals surface area (Å²) in [7, 11) is 0. The van der Waals surface area contributed by atoms with Crippen LogP contribution in [0.15, 0.2) is 12.1 Å². The first kappa shape index (κ1) is 12.2. The summed E-state index contributed by atoms with van der Waals surface area (Å²) in [6.45, 7) is 2.98. The van der Waals surface area contributed by atoms with Crippen LogP contribution in [0.3, 0.4) is 0 Å². The van der Waals surface area contributed by atoms with Crippen LogP contribution in [0.2, 0.25) is 0 Å². The van der Waals surface area contributed by atoms with E-state index in [1.807, 2.05) is 19.1 Å². The van der Waals surface area contributed by atoms with Crippen LogP contribution in [-0.4, -0.2) is 11.5 Å². The van der Waals surface area contributed by atoms with Gasteiger partial charge in [-0.15, -0.1) is 0 Å². The molecule has 3 heteroatoms. The Hall–Kier alpha value is -1.25. The molecule has 94 valence electrons. The van der Waals surface area contributed by atoms with Crippen LogP contribution in [-0.2, 0) is 0 Å². The Morgan fingerprint density at radius 2 is 2.06 bits per heavy atom. The van der Waals surface area contributed by atoms with Crippen molar-refractivity contribution in [1.29, 1.82) is 0 Å². The zero-order chi connectivity index (χ0) is 12.1. The third-order valence-electron chi connectivity index (χ3n) is 3.64. The molecule has 1 saturated carbocycles. The van der Waals surface area contributed by atoms with Crippen molar-refractivity contribution in [3.05, 3.63) is 17.8 Å². The molecule has 1 heterocycles. The van der Waals surface area contributed by atoms with Crippen molar-refractivity contribution in [1.82, 2.24) is 4.98 Å². The number of hydrogen-bond acceptors (Lipinski definition) is 3. The Balaban J connectivity index is 1.79. The quantitative estimate of drug-likeness (QED) is 0.838. The monoisotopic (exact) mass is 233 g/mol. The lowest BCUT2D eigenvalue weighted by molar-refractivity contribution is 0.345. The van der Waals surface area contributed by atoms with E-state index in [-0.39, 0.29) is 0 Å². The van der Waals surface area contributed by atoms with E-state index in [0.29, 0.717) is 0 Å². The molecule has 0 atom stereocenters. The van der Waals surface area contributed by atoms with Crippen LogP contribution in [0.5, 0.6) is 0 Å². The SMILES string of the molecule is Cc1ccc(N)c(NCCC2CCCCC2)n1. The highest BCUT2D eigenvalue weighted by Gasteiger charge is 2.12. The van der Waals surface area contributed by atoms with Gasteiger partial charge in [0.25, 0.3) is 0 Å². The number of nitrogens with two attached hydrogens (primary N) is 1. The molecule has 2 rings (SSSR count). The van der Waals surface area contributed by atoms with Gasteiger partial charge >= 0.3 is 0 Å². The molecule has 0 saturated heterocycles. The Kier molecular flexibility index (Phi) is 4.24. The average molecular weight is 233 g/mol. The first-order chi connectivity index (χ1) is 8.25. The summed E-state index contributed by atoms with van der Waals surface area (Å²) in [5.41, 5.74) is 7.65. The molecule has 3 nitrogen and oxygen atoms in total. The number of aryl methyl sites for hydroxylation is 1. The second-order valence-electron chi connectivity index (χ2n) is 5.11. The predicted molar refractivity (Wildman–Crippen MR) is 73.1 cm³/mol. The molecule has 0 aromatic carbocycles. The molecule has 0 spiro atoms. The van der Waals surface area contributed by atoms with Crippen LogP contribution in [0.25, 0.3) is 0 Å². The maximum Gasteiger partial charge on any atom is 0.149 e. The van der Waals surface area contributed by atoms with E-state index >= 15 is 0 Å². The Morgan fingerprint density at radius 3 is 2.82 bits per heavy atom. The van der Waals surface area contributed by atoms with Crippen molar-refractivity contribution in [2.45, 2.75) is 45.4 Å². The predicted octanol–water partition coefficient (Wildman–Crippen LogP) is 3.35. The number of rotatable bonds is 4. The zero-order valence-corrected chi connectivity index (χ0v) is 10.7. The standard InChI is InChI=1S/C14H23N3/c1-11-7-8-13(15)14(17-11)16-10-9-12-5-3-2-4-6-12/h7-8,12H,2-6,9-10,15H2,1H3,(H,16,17). The van der Waals surface area contributed by atoms with Gasteiger partial charge in [0.05, 0.1) is 5.69 Å². The third kappa shape index (κ3) is 3.62. The summed E-state index contributed by atoms with van der Waals surface area (Å²) >= 11 is 0. The molecule has 0 amide bonds. The van der Waals surface area contributed by atoms with Gasteiger partial charge in [-0.2, -0.15) is 0 Å². The van der Waals surface area contributed by atoms with Gasteiger partial charge < -0.3 is 11.1 Å². The highest BCUT2D eigenvalue weighted by Crippen LogP contribution is 2.26. The van der Waals surface area contributed by atoms with Gasteiger partial charge in [-0.3, -0.25) is 0 Å². The number of nitrogens with zero attached hydrogens (tertiary/aromatic N) is 1. The molecule has 3 N–H and O–H groups in total. The van der Waals surface area contributed by atoms with E-state index in [1.54, 1.807) is 0 Å². The number of nitrogens with one attached hydrogen (secondary N) is 1. The van der Waals surface area contributed by atoms with E-state index in [9.17, 15) is 0 Å². The number of anilines is 2. The minimum atomic E-state index is 0.749. The molecule has 0 bridgehead atoms. The fourth-order valence-corrected chi connectivity index (χ4v) is 2.58. The van der Waals surface area contributed by atoms with Gasteiger partial charge in [-0.25, -0.2) is 4.98 Å². The van der Waals surface area contributed by atoms with Gasteiger partial charge in [0.2, 0.25) is 0 Å². The normalized spacial score (nSPS) is 17.0. The maximum atomic E-state index is 5.88. The molecule has 0 radical (unpaired) electrons. The molecule has 1 aromatic heterocycles. The summed E-state index contributed by atoms with van der Waals surface area (Å²) in [6.07, 6.45) is 8.30. The van der Waals surface area contributed by atoms with Crippen molar-refractivity contribution in [3.8, 4) is 0 Å². The average Bonchev–Trinajstić information content (AvgIpc) is 2.35. The molecular weight excluding hydrogens is 210 g/mol. The third-order valence-corrected chi connectivity index (χ3v) is 3.64. The summed E-state index contributed by atoms with van der Waals surface area (Å²) in [6, 6.07) is 3.87. The van der Waals surface area contributed by atoms with Gasteiger partial charge in [0.15, 0.2) is 0 Å². The number of hydrogen-bond donors (Lipinski definition) is 2. The van der Waals surface area contributed by atoms with Gasteiger partial charge in [0.1, 0.15) is 5.82 Å². The first-order valence-corrected chi connectivity index (χ1v) is 6.72. The smallest absolute Gasteiger partial charge is 0.149 e. The minimum absolute atomic E-state index is 0.749. The summed E-state index contributed by atoms with van der Waals surface area (Å²) < 4.78 is 0. The van der Waals surface area contributed by atoms with E-state index in [1.165, 1.54) is 38.5 Å². The van der Waals surface area contributed by atoms with Crippen molar-refractivity contribution in [3.63, 3.8) is 0 Å². The van der Waals surface area contributed by atoms with Crippen molar-refractivity contribution < 1.29 is 0 Å². The fourth-order valence-electron chi connectivity index (χ4n) is 2.58. The molecule has 1 aliphatic carbocycles. The lowest BCUT2D eigenvalue weighted by Crippen LogP contribution is -2.13. The molecule has 0 aliphatic heterocycles. The van der Waals surface area contributed by atoms with Crippen molar-refractivity contribution in [2.75, 3.05) is 17.6 Å². The molecule has 0 unspecified atom stereocenters. The van der Waals surface area contributed by atoms with Crippen LogP contribution < -0.4 is 11.1 Å². The highest BCUT2D eigenvalue weighted by molar-refractivity contribution is 5.61. The van der Waals surface area contributed by atoms with E-state index in [4.69, 9.17) is 5.73 Å². The van der Waals surface area contributed by atoms with Crippen molar-refractivity contribution in [2.24, 2.45) is 5.92 Å². The molecule has 1 aliphatic rings. The maximum absolute atomic E-state index is 5.88. The minimum Gasteiger partial charge on any atom is -0.396 e. The summed E-state index contributed by atoms with van der Waals surface area (Å²) in [5.74, 6) is 1.75. The van der Waals surface area contributed by atoms with Crippen LogP contribution >= 0.6 is 0 Å². The Labute approximate surface area is 104 Å². The molecule has 1 aromatic rings. The zero-order valence-electron chi connectivity index (χ0n) is 10.7. The second kappa shape index (κ2) is 5.89. The van der Waals surface area contributed by atoms with Gasteiger partial charge in [-0.05, 0) is 31.4 Å². The number of pyridine rings is 1. The molecule has 1 fully saturated rings. The second-order valence-corrected chi connectivity index (χ2v) is 5.11. The Bertz CT molecular complexity index is 356. The first-order valence-electron chi connectivity index (χ1n) is 6.72. The van der Waals surface area contributed by atoms with Crippen molar-refractivity contribution >= 4 is 11.5 Å². The van der Waals surface area contributed by atoms with Crippen LogP contribution in [0, 0.1) is 12.8 Å². The highest BCUT2D eigenvalue weighted by atomic mass is 15.0. The topological polar surface area (TPSA) is 50.9 Å². The summed E-state index contributed by atoms with van der Waals surface area (Å²) in [5, 5.41) is 3.36. The largest absolute Gasteiger partial charge is 0.396 e. The van der Waals surface area contributed by atoms with Crippen LogP contribution in [0.1, 0.15) is 44.2 Å². The molecular formula is C14H23N3. The molecule has 17 heavy (non-hydrogen) atoms. The Morgan fingerprint density at radius 1 is 1.29 bits per heavy atom. The van der Waals surface area contributed by atoms with Crippen LogP contribution in [0.4, 0.5) is 11.5 Å². The number of nitrogen functional groups attached to an aromatic ring is 1. The van der Waals surface area contributed by atoms with E-state index in [2.05, 4.69) is 10.3 Å².